The van der Waals surface area contributed by atoms with E-state index in [4.69, 9.17) is 4.74 Å². The standard InChI is InChI=1S/C11H14FN3O6.C2H6/c1-4-6(16)7(17)9(21-4)15-3-5(12)8(13-10(15)18)14-11(19)20-2;1-2/h3-4,6-7,9,16-17H,1-2H3,(H,13,14,18,19);1-2H3. The van der Waals surface area contributed by atoms with Gasteiger partial charge in [0.05, 0.1) is 19.4 Å². The van der Waals surface area contributed by atoms with E-state index in [-0.39, 0.29) is 0 Å². The second-order valence-electron chi connectivity index (χ2n) is 4.46. The van der Waals surface area contributed by atoms with Crippen LogP contribution < -0.4 is 11.0 Å². The first kappa shape index (κ1) is 19.0. The summed E-state index contributed by atoms with van der Waals surface area (Å²) >= 11 is 0. The van der Waals surface area contributed by atoms with E-state index in [9.17, 15) is 24.2 Å². The lowest BCUT2D eigenvalue weighted by Gasteiger charge is -2.17. The van der Waals surface area contributed by atoms with Gasteiger partial charge in [-0.2, -0.15) is 4.98 Å². The molecule has 23 heavy (non-hydrogen) atoms. The van der Waals surface area contributed by atoms with Crippen LogP contribution in [0.15, 0.2) is 11.0 Å². The number of halogens is 1. The quantitative estimate of drug-likeness (QED) is 0.707. The van der Waals surface area contributed by atoms with Gasteiger partial charge in [-0.3, -0.25) is 9.88 Å². The van der Waals surface area contributed by atoms with Crippen molar-refractivity contribution >= 4 is 11.9 Å². The maximum atomic E-state index is 13.8. The first-order valence-electron chi connectivity index (χ1n) is 7.00. The van der Waals surface area contributed by atoms with Crippen LogP contribution in [0.1, 0.15) is 27.0 Å². The highest BCUT2D eigenvalue weighted by atomic mass is 19.1. The smallest absolute Gasteiger partial charge is 0.412 e. The third kappa shape index (κ3) is 4.03. The Hall–Kier alpha value is -2.04. The Morgan fingerprint density at radius 3 is 2.52 bits per heavy atom. The summed E-state index contributed by atoms with van der Waals surface area (Å²) in [7, 11) is 1.07. The molecule has 2 heterocycles. The molecule has 1 saturated heterocycles. The number of amides is 1. The maximum absolute atomic E-state index is 13.8. The molecule has 1 fully saturated rings. The Morgan fingerprint density at radius 1 is 1.43 bits per heavy atom. The van der Waals surface area contributed by atoms with Crippen LogP contribution in [0.2, 0.25) is 0 Å². The number of hydrogen-bond acceptors (Lipinski definition) is 7. The molecule has 4 atom stereocenters. The average Bonchev–Trinajstić information content (AvgIpc) is 2.79. The molecule has 0 aliphatic carbocycles. The van der Waals surface area contributed by atoms with Gasteiger partial charge >= 0.3 is 11.8 Å². The van der Waals surface area contributed by atoms with Crippen LogP contribution in [0.3, 0.4) is 0 Å². The highest BCUT2D eigenvalue weighted by Crippen LogP contribution is 2.28. The summed E-state index contributed by atoms with van der Waals surface area (Å²) in [6, 6.07) is 0. The molecule has 0 radical (unpaired) electrons. The van der Waals surface area contributed by atoms with Crippen molar-refractivity contribution in [2.75, 3.05) is 12.4 Å². The Labute approximate surface area is 131 Å². The van der Waals surface area contributed by atoms with Gasteiger partial charge in [0.25, 0.3) is 0 Å². The molecule has 9 nitrogen and oxygen atoms in total. The van der Waals surface area contributed by atoms with Crippen LogP contribution in [-0.4, -0.2) is 51.3 Å². The van der Waals surface area contributed by atoms with Gasteiger partial charge in [0, 0.05) is 0 Å². The van der Waals surface area contributed by atoms with Crippen LogP contribution in [0.25, 0.3) is 0 Å². The van der Waals surface area contributed by atoms with Crippen LogP contribution >= 0.6 is 0 Å². The van der Waals surface area contributed by atoms with E-state index in [1.807, 2.05) is 19.2 Å². The van der Waals surface area contributed by atoms with Gasteiger partial charge in [-0.15, -0.1) is 0 Å². The van der Waals surface area contributed by atoms with Crippen molar-refractivity contribution in [3.05, 3.63) is 22.5 Å². The molecule has 1 aromatic rings. The zero-order valence-corrected chi connectivity index (χ0v) is 13.2. The van der Waals surface area contributed by atoms with Gasteiger partial charge in [-0.25, -0.2) is 14.0 Å². The molecule has 3 N–H and O–H groups in total. The lowest BCUT2D eigenvalue weighted by molar-refractivity contribution is -0.0355. The predicted octanol–water partition coefficient (Wildman–Crippen LogP) is 0.226. The topological polar surface area (TPSA) is 123 Å². The molecule has 10 heteroatoms. The number of nitrogens with zero attached hydrogens (tertiary/aromatic N) is 2. The summed E-state index contributed by atoms with van der Waals surface area (Å²) in [5.74, 6) is -1.63. The van der Waals surface area contributed by atoms with Gasteiger partial charge in [-0.1, -0.05) is 13.8 Å². The van der Waals surface area contributed by atoms with E-state index >= 15 is 0 Å². The number of aliphatic hydroxyl groups is 2. The zero-order valence-electron chi connectivity index (χ0n) is 13.2. The van der Waals surface area contributed by atoms with E-state index in [2.05, 4.69) is 9.72 Å². The predicted molar refractivity (Wildman–Crippen MR) is 77.4 cm³/mol. The number of carbonyl (C=O) groups excluding carboxylic acids is 1. The number of carbonyl (C=O) groups is 1. The molecule has 130 valence electrons. The Kier molecular flexibility index (Phi) is 6.61. The number of methoxy groups -OCH3 is 1. The highest BCUT2D eigenvalue weighted by Gasteiger charge is 2.42. The van der Waals surface area contributed by atoms with Crippen molar-refractivity contribution in [3.8, 4) is 0 Å². The lowest BCUT2D eigenvalue weighted by atomic mass is 10.1. The first-order chi connectivity index (χ1) is 10.8. The molecule has 2 rings (SSSR count). The molecule has 0 bridgehead atoms. The van der Waals surface area contributed by atoms with Crippen molar-refractivity contribution in [1.29, 1.82) is 0 Å². The molecule has 1 aromatic heterocycles. The number of aromatic nitrogens is 2. The third-order valence-electron chi connectivity index (χ3n) is 3.06. The van der Waals surface area contributed by atoms with E-state index < -0.39 is 48.0 Å². The second kappa shape index (κ2) is 7.99. The normalized spacial score (nSPS) is 26.2. The van der Waals surface area contributed by atoms with Crippen molar-refractivity contribution in [2.45, 2.75) is 45.3 Å². The van der Waals surface area contributed by atoms with Gasteiger partial charge in [0.15, 0.2) is 17.9 Å². The van der Waals surface area contributed by atoms with Crippen molar-refractivity contribution in [3.63, 3.8) is 0 Å². The SMILES string of the molecule is CC.COC(=O)Nc1nc(=O)n(C2OC(C)C(O)C2O)cc1F. The fourth-order valence-corrected chi connectivity index (χ4v) is 1.92. The zero-order chi connectivity index (χ0) is 17.7. The van der Waals surface area contributed by atoms with Crippen molar-refractivity contribution in [1.82, 2.24) is 9.55 Å². The lowest BCUT2D eigenvalue weighted by Crippen LogP contribution is -2.36. The number of nitrogens with one attached hydrogen (secondary N) is 1. The Morgan fingerprint density at radius 2 is 2.04 bits per heavy atom. The molecule has 1 aliphatic rings. The van der Waals surface area contributed by atoms with E-state index in [0.29, 0.717) is 4.57 Å². The highest BCUT2D eigenvalue weighted by molar-refractivity contribution is 5.83. The van der Waals surface area contributed by atoms with Gasteiger partial charge in [0.2, 0.25) is 0 Å². The third-order valence-corrected chi connectivity index (χ3v) is 3.06. The minimum absolute atomic E-state index is 0.607. The monoisotopic (exact) mass is 333 g/mol. The average molecular weight is 333 g/mol. The summed E-state index contributed by atoms with van der Waals surface area (Å²) < 4.78 is 24.0. The minimum atomic E-state index is -1.40. The summed E-state index contributed by atoms with van der Waals surface area (Å²) in [4.78, 5) is 26.1. The van der Waals surface area contributed by atoms with Crippen LogP contribution in [0, 0.1) is 5.82 Å². The molecule has 1 amide bonds. The summed E-state index contributed by atoms with van der Waals surface area (Å²) in [5.41, 5.74) is -0.965. The summed E-state index contributed by atoms with van der Waals surface area (Å²) in [6.07, 6.45) is -4.88. The van der Waals surface area contributed by atoms with E-state index in [1.165, 1.54) is 6.92 Å². The van der Waals surface area contributed by atoms with Crippen molar-refractivity contribution in [2.24, 2.45) is 0 Å². The molecular weight excluding hydrogens is 313 g/mol. The molecule has 0 saturated carbocycles. The fraction of sp³-hybridized carbons (Fsp3) is 0.615. The maximum Gasteiger partial charge on any atom is 0.412 e. The summed E-state index contributed by atoms with van der Waals surface area (Å²) in [5, 5.41) is 21.3. The number of ether oxygens (including phenoxy) is 2. The Bertz CT molecular complexity index is 608. The molecule has 0 aromatic carbocycles. The second-order valence-corrected chi connectivity index (χ2v) is 4.46. The van der Waals surface area contributed by atoms with Crippen molar-refractivity contribution < 1.29 is 28.9 Å². The number of aliphatic hydroxyl groups excluding tert-OH is 2. The van der Waals surface area contributed by atoms with E-state index in [0.717, 1.165) is 13.3 Å². The molecule has 0 spiro atoms. The van der Waals surface area contributed by atoms with Gasteiger partial charge in [0.1, 0.15) is 12.2 Å². The number of hydrogen-bond donors (Lipinski definition) is 3. The molecular formula is C13H20FN3O6. The van der Waals surface area contributed by atoms with E-state index in [1.54, 1.807) is 0 Å². The van der Waals surface area contributed by atoms with Crippen LogP contribution in [0.4, 0.5) is 15.0 Å². The Balaban J connectivity index is 0.00000127. The van der Waals surface area contributed by atoms with Gasteiger partial charge in [-0.05, 0) is 6.92 Å². The largest absolute Gasteiger partial charge is 0.453 e. The summed E-state index contributed by atoms with van der Waals surface area (Å²) in [6.45, 7) is 5.50. The van der Waals surface area contributed by atoms with Crippen LogP contribution in [0.5, 0.6) is 0 Å². The van der Waals surface area contributed by atoms with Gasteiger partial charge < -0.3 is 19.7 Å². The molecule has 4 unspecified atom stereocenters. The van der Waals surface area contributed by atoms with Crippen LogP contribution in [-0.2, 0) is 9.47 Å². The first-order valence-corrected chi connectivity index (χ1v) is 7.00. The minimum Gasteiger partial charge on any atom is -0.453 e. The number of anilines is 1. The molecule has 1 aliphatic heterocycles. The number of rotatable bonds is 2. The fourth-order valence-electron chi connectivity index (χ4n) is 1.92.